The minimum atomic E-state index is -1.07. The Bertz CT molecular complexity index is 305. The molecule has 6 nitrogen and oxygen atoms in total. The minimum Gasteiger partial charge on any atom is -0.480 e. The predicted molar refractivity (Wildman–Crippen MR) is 55.7 cm³/mol. The van der Waals surface area contributed by atoms with Gasteiger partial charge in [-0.25, -0.2) is 4.79 Å². The fraction of sp³-hybridized carbons (Fsp3) is 0.625. The van der Waals surface area contributed by atoms with Crippen LogP contribution in [-0.4, -0.2) is 33.7 Å². The molecule has 0 aromatic heterocycles. The number of halogens is 1. The molecule has 1 rings (SSSR count). The number of aliphatic carboxylic acids is 1. The van der Waals surface area contributed by atoms with E-state index in [1.807, 2.05) is 0 Å². The van der Waals surface area contributed by atoms with Crippen molar-refractivity contribution < 1.29 is 19.5 Å². The van der Waals surface area contributed by atoms with Gasteiger partial charge in [-0.2, -0.15) is 0 Å². The van der Waals surface area contributed by atoms with Crippen LogP contribution < -0.4 is 5.32 Å². The molecule has 0 fully saturated rings. The Labute approximate surface area is 94.8 Å². The van der Waals surface area contributed by atoms with Crippen molar-refractivity contribution in [3.8, 4) is 0 Å². The molecule has 0 aromatic rings. The summed E-state index contributed by atoms with van der Waals surface area (Å²) in [5.74, 6) is -1.45. The van der Waals surface area contributed by atoms with Gasteiger partial charge in [0.15, 0.2) is 0 Å². The van der Waals surface area contributed by atoms with E-state index in [0.717, 1.165) is 0 Å². The first-order valence-corrected chi connectivity index (χ1v) is 5.16. The Morgan fingerprint density at radius 1 is 1.80 bits per heavy atom. The van der Waals surface area contributed by atoms with Crippen LogP contribution in [0.25, 0.3) is 0 Å². The fourth-order valence-electron chi connectivity index (χ4n) is 1.25. The van der Waals surface area contributed by atoms with Crippen molar-refractivity contribution in [3.63, 3.8) is 0 Å². The van der Waals surface area contributed by atoms with Crippen LogP contribution in [-0.2, 0) is 14.4 Å². The zero-order valence-corrected chi connectivity index (χ0v) is 9.65. The van der Waals surface area contributed by atoms with Crippen molar-refractivity contribution >= 4 is 32.4 Å². The number of carbonyl (C=O) groups is 2. The Kier molecular flexibility index (Phi) is 4.07. The van der Waals surface area contributed by atoms with Crippen LogP contribution in [0.4, 0.5) is 0 Å². The Morgan fingerprint density at radius 3 is 2.87 bits per heavy atom. The average Bonchev–Trinajstić information content (AvgIpc) is 2.49. The number of carboxylic acid groups (broad SMARTS) is 1. The van der Waals surface area contributed by atoms with Crippen LogP contribution >= 0.6 is 15.9 Å². The third-order valence-electron chi connectivity index (χ3n) is 1.87. The van der Waals surface area contributed by atoms with E-state index in [4.69, 9.17) is 9.94 Å². The SMILES string of the molecule is CC(=O)N[C@@H](C[C@H]1CC(Br)=NO1)C(=O)O. The van der Waals surface area contributed by atoms with E-state index in [9.17, 15) is 9.59 Å². The Morgan fingerprint density at radius 2 is 2.47 bits per heavy atom. The quantitative estimate of drug-likeness (QED) is 0.782. The van der Waals surface area contributed by atoms with Crippen LogP contribution in [0.3, 0.4) is 0 Å². The lowest BCUT2D eigenvalue weighted by Gasteiger charge is -2.15. The summed E-state index contributed by atoms with van der Waals surface area (Å²) in [5.41, 5.74) is 0. The van der Waals surface area contributed by atoms with Crippen LogP contribution in [0.15, 0.2) is 5.16 Å². The summed E-state index contributed by atoms with van der Waals surface area (Å²) in [5, 5.41) is 14.8. The van der Waals surface area contributed by atoms with Crippen molar-refractivity contribution in [2.75, 3.05) is 0 Å². The summed E-state index contributed by atoms with van der Waals surface area (Å²) in [6, 6.07) is -0.930. The van der Waals surface area contributed by atoms with Crippen molar-refractivity contribution in [2.45, 2.75) is 31.9 Å². The topological polar surface area (TPSA) is 88.0 Å². The van der Waals surface area contributed by atoms with Gasteiger partial charge in [-0.3, -0.25) is 4.79 Å². The number of oxime groups is 1. The van der Waals surface area contributed by atoms with E-state index in [1.165, 1.54) is 6.92 Å². The lowest BCUT2D eigenvalue weighted by Crippen LogP contribution is -2.41. The molecule has 0 bridgehead atoms. The maximum Gasteiger partial charge on any atom is 0.326 e. The summed E-state index contributed by atoms with van der Waals surface area (Å²) in [6.07, 6.45) is 0.434. The molecule has 1 amide bonds. The molecule has 1 heterocycles. The highest BCUT2D eigenvalue weighted by molar-refractivity contribution is 9.18. The molecule has 0 aliphatic carbocycles. The normalized spacial score (nSPS) is 21.5. The number of hydrogen-bond acceptors (Lipinski definition) is 4. The molecule has 84 valence electrons. The van der Waals surface area contributed by atoms with Crippen LogP contribution in [0.2, 0.25) is 0 Å². The zero-order valence-electron chi connectivity index (χ0n) is 8.07. The average molecular weight is 279 g/mol. The lowest BCUT2D eigenvalue weighted by atomic mass is 10.1. The molecule has 0 saturated carbocycles. The number of carboxylic acids is 1. The molecule has 15 heavy (non-hydrogen) atoms. The van der Waals surface area contributed by atoms with Crippen molar-refractivity contribution in [3.05, 3.63) is 0 Å². The molecular formula is C8H11BrN2O4. The third kappa shape index (κ3) is 3.86. The lowest BCUT2D eigenvalue weighted by molar-refractivity contribution is -0.142. The summed E-state index contributed by atoms with van der Waals surface area (Å²) in [4.78, 5) is 26.5. The molecule has 7 heteroatoms. The largest absolute Gasteiger partial charge is 0.480 e. The molecule has 1 aliphatic heterocycles. The summed E-state index contributed by atoms with van der Waals surface area (Å²) in [7, 11) is 0. The smallest absolute Gasteiger partial charge is 0.326 e. The van der Waals surface area contributed by atoms with E-state index in [-0.39, 0.29) is 18.4 Å². The van der Waals surface area contributed by atoms with Gasteiger partial charge in [0.25, 0.3) is 0 Å². The van der Waals surface area contributed by atoms with E-state index < -0.39 is 12.0 Å². The first kappa shape index (κ1) is 12.0. The highest BCUT2D eigenvalue weighted by Crippen LogP contribution is 2.18. The number of carbonyl (C=O) groups excluding carboxylic acids is 1. The molecule has 0 saturated heterocycles. The van der Waals surface area contributed by atoms with E-state index >= 15 is 0 Å². The molecule has 1 aliphatic rings. The molecule has 2 N–H and O–H groups in total. The fourth-order valence-corrected chi connectivity index (χ4v) is 1.69. The maximum absolute atomic E-state index is 10.8. The van der Waals surface area contributed by atoms with Gasteiger partial charge in [0, 0.05) is 19.8 Å². The second kappa shape index (κ2) is 5.11. The number of rotatable bonds is 4. The number of nitrogens with one attached hydrogen (secondary N) is 1. The van der Waals surface area contributed by atoms with Gasteiger partial charge in [-0.1, -0.05) is 5.16 Å². The summed E-state index contributed by atoms with van der Waals surface area (Å²) >= 11 is 3.15. The second-order valence-corrected chi connectivity index (χ2v) is 4.14. The number of amides is 1. The molecule has 0 spiro atoms. The van der Waals surface area contributed by atoms with Gasteiger partial charge in [0.1, 0.15) is 16.8 Å². The first-order chi connectivity index (χ1) is 6.99. The molecule has 0 radical (unpaired) electrons. The standard InChI is InChI=1S/C8H11BrN2O4/c1-4(12)10-6(8(13)14)2-5-3-7(9)11-15-5/h5-6H,2-3H2,1H3,(H,10,12)(H,13,14)/t5-,6-/m0/s1. The van der Waals surface area contributed by atoms with Gasteiger partial charge < -0.3 is 15.3 Å². The molecule has 0 unspecified atom stereocenters. The van der Waals surface area contributed by atoms with Crippen LogP contribution in [0.5, 0.6) is 0 Å². The Balaban J connectivity index is 2.45. The molecule has 0 aromatic carbocycles. The molecule has 2 atom stereocenters. The molecular weight excluding hydrogens is 268 g/mol. The maximum atomic E-state index is 10.8. The van der Waals surface area contributed by atoms with E-state index in [0.29, 0.717) is 11.0 Å². The van der Waals surface area contributed by atoms with Crippen LogP contribution in [0, 0.1) is 0 Å². The monoisotopic (exact) mass is 278 g/mol. The number of nitrogens with zero attached hydrogens (tertiary/aromatic N) is 1. The van der Waals surface area contributed by atoms with Gasteiger partial charge >= 0.3 is 5.97 Å². The van der Waals surface area contributed by atoms with Crippen molar-refractivity contribution in [1.82, 2.24) is 5.32 Å². The minimum absolute atomic E-state index is 0.202. The van der Waals surface area contributed by atoms with Crippen molar-refractivity contribution in [2.24, 2.45) is 5.16 Å². The van der Waals surface area contributed by atoms with Gasteiger partial charge in [-0.15, -0.1) is 0 Å². The van der Waals surface area contributed by atoms with Crippen molar-refractivity contribution in [1.29, 1.82) is 0 Å². The summed E-state index contributed by atoms with van der Waals surface area (Å²) in [6.45, 7) is 1.28. The first-order valence-electron chi connectivity index (χ1n) is 4.37. The van der Waals surface area contributed by atoms with Gasteiger partial charge in [0.05, 0.1) is 0 Å². The third-order valence-corrected chi connectivity index (χ3v) is 2.34. The summed E-state index contributed by atoms with van der Waals surface area (Å²) < 4.78 is 0.652. The van der Waals surface area contributed by atoms with Crippen LogP contribution in [0.1, 0.15) is 19.8 Å². The second-order valence-electron chi connectivity index (χ2n) is 3.23. The zero-order chi connectivity index (χ0) is 11.4. The number of hydrogen-bond donors (Lipinski definition) is 2. The highest BCUT2D eigenvalue weighted by Gasteiger charge is 2.28. The van der Waals surface area contributed by atoms with Gasteiger partial charge in [-0.05, 0) is 15.9 Å². The van der Waals surface area contributed by atoms with Gasteiger partial charge in [0.2, 0.25) is 5.91 Å². The Hall–Kier alpha value is -1.11. The predicted octanol–water partition coefficient (Wildman–Crippen LogP) is 0.463. The van der Waals surface area contributed by atoms with E-state index in [2.05, 4.69) is 26.4 Å². The highest BCUT2D eigenvalue weighted by atomic mass is 79.9. The van der Waals surface area contributed by atoms with E-state index in [1.54, 1.807) is 0 Å².